The summed E-state index contributed by atoms with van der Waals surface area (Å²) in [6.07, 6.45) is -0.658. The van der Waals surface area contributed by atoms with Crippen LogP contribution in [0.4, 0.5) is 4.39 Å². The number of ether oxygens (including phenoxy) is 1. The number of nitrogens with zero attached hydrogens (tertiary/aromatic N) is 2. The first-order valence-corrected chi connectivity index (χ1v) is 8.36. The van der Waals surface area contributed by atoms with Crippen LogP contribution >= 0.6 is 11.3 Å². The number of amides is 1. The molecule has 1 unspecified atom stereocenters. The first-order valence-electron chi connectivity index (χ1n) is 7.54. The molecule has 0 N–H and O–H groups in total. The van der Waals surface area contributed by atoms with Crippen LogP contribution in [0.2, 0.25) is 0 Å². The van der Waals surface area contributed by atoms with Crippen molar-refractivity contribution >= 4 is 27.5 Å². The van der Waals surface area contributed by atoms with E-state index >= 15 is 0 Å². The number of hydrogen-bond donors (Lipinski definition) is 0. The minimum Gasteiger partial charge on any atom is -0.481 e. The van der Waals surface area contributed by atoms with Crippen LogP contribution in [0.25, 0.3) is 10.2 Å². The molecular formula is C18H17FN2O2S. The van der Waals surface area contributed by atoms with Crippen molar-refractivity contribution in [1.82, 2.24) is 9.88 Å². The van der Waals surface area contributed by atoms with Crippen LogP contribution < -0.4 is 4.74 Å². The largest absolute Gasteiger partial charge is 0.481 e. The van der Waals surface area contributed by atoms with E-state index in [1.54, 1.807) is 30.2 Å². The van der Waals surface area contributed by atoms with Crippen molar-refractivity contribution in [3.63, 3.8) is 0 Å². The van der Waals surface area contributed by atoms with Gasteiger partial charge in [-0.1, -0.05) is 12.1 Å². The summed E-state index contributed by atoms with van der Waals surface area (Å²) in [4.78, 5) is 18.6. The highest BCUT2D eigenvalue weighted by atomic mass is 32.1. The molecule has 2 aromatic carbocycles. The van der Waals surface area contributed by atoms with Crippen molar-refractivity contribution < 1.29 is 13.9 Å². The molecule has 0 aliphatic carbocycles. The zero-order chi connectivity index (χ0) is 17.1. The van der Waals surface area contributed by atoms with E-state index in [4.69, 9.17) is 4.74 Å². The maximum Gasteiger partial charge on any atom is 0.263 e. The number of benzene rings is 2. The van der Waals surface area contributed by atoms with Gasteiger partial charge in [0.2, 0.25) is 0 Å². The molecule has 0 fully saturated rings. The van der Waals surface area contributed by atoms with E-state index in [2.05, 4.69) is 4.98 Å². The van der Waals surface area contributed by atoms with E-state index in [1.807, 2.05) is 24.3 Å². The fourth-order valence-corrected chi connectivity index (χ4v) is 3.37. The van der Waals surface area contributed by atoms with E-state index in [0.29, 0.717) is 12.3 Å². The van der Waals surface area contributed by atoms with Gasteiger partial charge < -0.3 is 9.64 Å². The molecule has 124 valence electrons. The highest BCUT2D eigenvalue weighted by Gasteiger charge is 2.20. The number of fused-ring (bicyclic) bond motifs is 1. The zero-order valence-electron chi connectivity index (χ0n) is 13.4. The maximum atomic E-state index is 12.9. The lowest BCUT2D eigenvalue weighted by atomic mass is 10.3. The van der Waals surface area contributed by atoms with Crippen molar-refractivity contribution in [2.24, 2.45) is 0 Å². The summed E-state index contributed by atoms with van der Waals surface area (Å²) in [6, 6.07) is 13.5. The SMILES string of the molecule is CC(Oc1ccc(F)cc1)C(=O)N(C)Cc1nc2ccccc2s1. The minimum atomic E-state index is -0.658. The second-order valence-electron chi connectivity index (χ2n) is 5.48. The van der Waals surface area contributed by atoms with Gasteiger partial charge in [-0.05, 0) is 43.3 Å². The van der Waals surface area contributed by atoms with E-state index in [-0.39, 0.29) is 11.7 Å². The van der Waals surface area contributed by atoms with Gasteiger partial charge >= 0.3 is 0 Å². The van der Waals surface area contributed by atoms with E-state index in [0.717, 1.165) is 15.2 Å². The molecule has 0 bridgehead atoms. The van der Waals surface area contributed by atoms with Crippen LogP contribution in [0.1, 0.15) is 11.9 Å². The van der Waals surface area contributed by atoms with Gasteiger partial charge in [-0.3, -0.25) is 4.79 Å². The molecule has 3 rings (SSSR count). The number of rotatable bonds is 5. The first kappa shape index (κ1) is 16.4. The number of carbonyl (C=O) groups is 1. The van der Waals surface area contributed by atoms with Crippen LogP contribution in [0.15, 0.2) is 48.5 Å². The molecule has 6 heteroatoms. The van der Waals surface area contributed by atoms with Crippen LogP contribution in [-0.4, -0.2) is 28.9 Å². The number of thiazole rings is 1. The number of aromatic nitrogens is 1. The second-order valence-corrected chi connectivity index (χ2v) is 6.60. The molecule has 1 atom stereocenters. The van der Waals surface area contributed by atoms with Gasteiger partial charge in [-0.25, -0.2) is 9.37 Å². The number of carbonyl (C=O) groups excluding carboxylic acids is 1. The van der Waals surface area contributed by atoms with Gasteiger partial charge in [0.1, 0.15) is 16.6 Å². The number of hydrogen-bond acceptors (Lipinski definition) is 4. The number of para-hydroxylation sites is 1. The minimum absolute atomic E-state index is 0.154. The van der Waals surface area contributed by atoms with Gasteiger partial charge in [-0.15, -0.1) is 11.3 Å². The van der Waals surface area contributed by atoms with Gasteiger partial charge in [0.05, 0.1) is 16.8 Å². The van der Waals surface area contributed by atoms with Crippen molar-refractivity contribution in [2.75, 3.05) is 7.05 Å². The smallest absolute Gasteiger partial charge is 0.263 e. The lowest BCUT2D eigenvalue weighted by Crippen LogP contribution is -2.37. The Labute approximate surface area is 143 Å². The summed E-state index contributed by atoms with van der Waals surface area (Å²) >= 11 is 1.57. The highest BCUT2D eigenvalue weighted by Crippen LogP contribution is 2.22. The van der Waals surface area contributed by atoms with Crippen LogP contribution in [0.5, 0.6) is 5.75 Å². The predicted octanol–water partition coefficient (Wildman–Crippen LogP) is 3.86. The van der Waals surface area contributed by atoms with Crippen molar-refractivity contribution in [3.8, 4) is 5.75 Å². The molecule has 0 radical (unpaired) electrons. The number of likely N-dealkylation sites (N-methyl/N-ethyl adjacent to an activating group) is 1. The van der Waals surface area contributed by atoms with Crippen molar-refractivity contribution in [1.29, 1.82) is 0 Å². The van der Waals surface area contributed by atoms with Gasteiger partial charge in [0.15, 0.2) is 6.10 Å². The monoisotopic (exact) mass is 344 g/mol. The summed E-state index contributed by atoms with van der Waals surface area (Å²) in [5.41, 5.74) is 0.939. The molecule has 1 aromatic heterocycles. The van der Waals surface area contributed by atoms with Crippen LogP contribution in [0, 0.1) is 5.82 Å². The molecule has 4 nitrogen and oxygen atoms in total. The molecule has 3 aromatic rings. The van der Waals surface area contributed by atoms with Crippen molar-refractivity contribution in [2.45, 2.75) is 19.6 Å². The third-order valence-electron chi connectivity index (χ3n) is 3.56. The van der Waals surface area contributed by atoms with Gasteiger partial charge in [-0.2, -0.15) is 0 Å². The third kappa shape index (κ3) is 3.71. The summed E-state index contributed by atoms with van der Waals surface area (Å²) in [5.74, 6) is -0.0292. The molecule has 0 aliphatic heterocycles. The fourth-order valence-electron chi connectivity index (χ4n) is 2.35. The highest BCUT2D eigenvalue weighted by molar-refractivity contribution is 7.18. The van der Waals surface area contributed by atoms with Crippen LogP contribution in [-0.2, 0) is 11.3 Å². The molecule has 0 spiro atoms. The predicted molar refractivity (Wildman–Crippen MR) is 92.6 cm³/mol. The Hall–Kier alpha value is -2.47. The Morgan fingerprint density at radius 3 is 2.67 bits per heavy atom. The summed E-state index contributed by atoms with van der Waals surface area (Å²) in [7, 11) is 1.72. The lowest BCUT2D eigenvalue weighted by Gasteiger charge is -2.21. The molecule has 0 aliphatic rings. The molecular weight excluding hydrogens is 327 g/mol. The Bertz CT molecular complexity index is 815. The van der Waals surface area contributed by atoms with E-state index in [1.165, 1.54) is 24.3 Å². The summed E-state index contributed by atoms with van der Waals surface area (Å²) in [6.45, 7) is 2.11. The second kappa shape index (κ2) is 6.97. The van der Waals surface area contributed by atoms with Gasteiger partial charge in [0, 0.05) is 7.05 Å². The summed E-state index contributed by atoms with van der Waals surface area (Å²) in [5, 5.41) is 0.876. The topological polar surface area (TPSA) is 42.4 Å². The fraction of sp³-hybridized carbons (Fsp3) is 0.222. The molecule has 24 heavy (non-hydrogen) atoms. The van der Waals surface area contributed by atoms with E-state index in [9.17, 15) is 9.18 Å². The zero-order valence-corrected chi connectivity index (χ0v) is 14.2. The Morgan fingerprint density at radius 2 is 1.96 bits per heavy atom. The quantitative estimate of drug-likeness (QED) is 0.706. The molecule has 1 amide bonds. The average molecular weight is 344 g/mol. The lowest BCUT2D eigenvalue weighted by molar-refractivity contribution is -0.137. The van der Waals surface area contributed by atoms with Crippen LogP contribution in [0.3, 0.4) is 0 Å². The molecule has 1 heterocycles. The average Bonchev–Trinajstić information content (AvgIpc) is 2.98. The van der Waals surface area contributed by atoms with E-state index < -0.39 is 6.10 Å². The Morgan fingerprint density at radius 1 is 1.25 bits per heavy atom. The third-order valence-corrected chi connectivity index (χ3v) is 4.58. The molecule has 0 saturated carbocycles. The molecule has 0 saturated heterocycles. The maximum absolute atomic E-state index is 12.9. The standard InChI is InChI=1S/C18H17FN2O2S/c1-12(23-14-9-7-13(19)8-10-14)18(22)21(2)11-17-20-15-5-3-4-6-16(15)24-17/h3-10,12H,11H2,1-2H3. The Balaban J connectivity index is 1.63. The van der Waals surface area contributed by atoms with Crippen molar-refractivity contribution in [3.05, 3.63) is 59.4 Å². The normalized spacial score (nSPS) is 12.1. The Kier molecular flexibility index (Phi) is 4.76. The van der Waals surface area contributed by atoms with Gasteiger partial charge in [0.25, 0.3) is 5.91 Å². The summed E-state index contributed by atoms with van der Waals surface area (Å²) < 4.78 is 19.6. The number of halogens is 1. The first-order chi connectivity index (χ1) is 11.5.